The molecule has 2 aromatic carbocycles. The Kier molecular flexibility index (Phi) is 6.22. The summed E-state index contributed by atoms with van der Waals surface area (Å²) in [5, 5.41) is 3.08. The van der Waals surface area contributed by atoms with E-state index in [1.807, 2.05) is 54.6 Å². The van der Waals surface area contributed by atoms with Gasteiger partial charge in [-0.3, -0.25) is 9.59 Å². The van der Waals surface area contributed by atoms with Crippen LogP contribution in [-0.4, -0.2) is 23.0 Å². The molecule has 1 unspecified atom stereocenters. The van der Waals surface area contributed by atoms with Crippen LogP contribution in [0.1, 0.15) is 28.7 Å². The molecule has 28 heavy (non-hydrogen) atoms. The Labute approximate surface area is 163 Å². The van der Waals surface area contributed by atoms with E-state index in [1.54, 1.807) is 14.0 Å². The topological polar surface area (TPSA) is 84.1 Å². The van der Waals surface area contributed by atoms with Crippen molar-refractivity contribution in [3.05, 3.63) is 93.7 Å². The quantitative estimate of drug-likeness (QED) is 0.663. The number of hydrogen-bond acceptors (Lipinski definition) is 4. The highest BCUT2D eigenvalue weighted by Crippen LogP contribution is 2.18. The maximum Gasteiger partial charge on any atom is 0.251 e. The number of H-pyrrole nitrogens is 1. The lowest BCUT2D eigenvalue weighted by Crippen LogP contribution is -2.31. The summed E-state index contributed by atoms with van der Waals surface area (Å²) in [4.78, 5) is 31.4. The van der Waals surface area contributed by atoms with Crippen molar-refractivity contribution in [1.29, 1.82) is 0 Å². The van der Waals surface area contributed by atoms with E-state index < -0.39 is 0 Å². The number of hydrogen-bond donors (Lipinski definition) is 2. The predicted molar refractivity (Wildman–Crippen MR) is 107 cm³/mol. The van der Waals surface area contributed by atoms with Crippen LogP contribution in [-0.2, 0) is 17.6 Å². The van der Waals surface area contributed by atoms with Crippen LogP contribution >= 0.6 is 0 Å². The zero-order chi connectivity index (χ0) is 19.9. The van der Waals surface area contributed by atoms with Gasteiger partial charge in [0.1, 0.15) is 11.6 Å². The molecule has 1 aromatic heterocycles. The van der Waals surface area contributed by atoms with E-state index in [4.69, 9.17) is 4.74 Å². The fourth-order valence-electron chi connectivity index (χ4n) is 3.07. The maximum absolute atomic E-state index is 12.6. The van der Waals surface area contributed by atoms with Crippen molar-refractivity contribution in [3.8, 4) is 5.75 Å². The summed E-state index contributed by atoms with van der Waals surface area (Å²) in [5.41, 5.74) is 2.30. The highest BCUT2D eigenvalue weighted by atomic mass is 16.5. The first-order chi connectivity index (χ1) is 13.5. The summed E-state index contributed by atoms with van der Waals surface area (Å²) in [6.07, 6.45) is 0.693. The molecule has 1 heterocycles. The van der Waals surface area contributed by atoms with E-state index in [1.165, 1.54) is 6.07 Å². The van der Waals surface area contributed by atoms with Crippen LogP contribution in [0.3, 0.4) is 0 Å². The predicted octanol–water partition coefficient (Wildman–Crippen LogP) is 2.73. The van der Waals surface area contributed by atoms with E-state index in [9.17, 15) is 9.59 Å². The lowest BCUT2D eigenvalue weighted by Gasteiger charge is -2.19. The largest absolute Gasteiger partial charge is 0.497 e. The molecule has 0 aliphatic carbocycles. The van der Waals surface area contributed by atoms with E-state index in [0.29, 0.717) is 17.9 Å². The Morgan fingerprint density at radius 2 is 1.86 bits per heavy atom. The van der Waals surface area contributed by atoms with Gasteiger partial charge in [-0.25, -0.2) is 4.98 Å². The molecule has 0 aliphatic heterocycles. The summed E-state index contributed by atoms with van der Waals surface area (Å²) in [6.45, 7) is 1.74. The molecule has 6 nitrogen and oxygen atoms in total. The van der Waals surface area contributed by atoms with Crippen LogP contribution in [0.5, 0.6) is 5.75 Å². The number of nitrogens with one attached hydrogen (secondary N) is 2. The number of nitrogens with zero attached hydrogens (tertiary/aromatic N) is 1. The van der Waals surface area contributed by atoms with Crippen molar-refractivity contribution in [2.45, 2.75) is 25.8 Å². The molecule has 3 aromatic rings. The van der Waals surface area contributed by atoms with Crippen molar-refractivity contribution in [2.24, 2.45) is 0 Å². The van der Waals surface area contributed by atoms with E-state index in [2.05, 4.69) is 15.3 Å². The number of rotatable bonds is 7. The van der Waals surface area contributed by atoms with Crippen LogP contribution in [0.25, 0.3) is 0 Å². The molecular weight excluding hydrogens is 354 g/mol. The average Bonchev–Trinajstić information content (AvgIpc) is 2.68. The maximum atomic E-state index is 12.6. The Morgan fingerprint density at radius 3 is 2.50 bits per heavy atom. The lowest BCUT2D eigenvalue weighted by molar-refractivity contribution is -0.121. The number of carbonyl (C=O) groups is 1. The van der Waals surface area contributed by atoms with E-state index in [-0.39, 0.29) is 23.9 Å². The summed E-state index contributed by atoms with van der Waals surface area (Å²) in [6, 6.07) is 18.3. The van der Waals surface area contributed by atoms with Crippen LogP contribution in [0.2, 0.25) is 0 Å². The molecule has 0 saturated heterocycles. The third-order valence-electron chi connectivity index (χ3n) is 4.39. The van der Waals surface area contributed by atoms with Crippen molar-refractivity contribution in [1.82, 2.24) is 15.3 Å². The second-order valence-corrected chi connectivity index (χ2v) is 6.58. The molecule has 2 N–H and O–H groups in total. The second-order valence-electron chi connectivity index (χ2n) is 6.58. The zero-order valence-electron chi connectivity index (χ0n) is 15.9. The molecule has 1 amide bonds. The molecule has 0 spiro atoms. The van der Waals surface area contributed by atoms with Crippen LogP contribution in [0.4, 0.5) is 0 Å². The van der Waals surface area contributed by atoms with E-state index in [0.717, 1.165) is 16.9 Å². The first kappa shape index (κ1) is 19.4. The third kappa shape index (κ3) is 5.30. The number of amides is 1. The van der Waals surface area contributed by atoms with Gasteiger partial charge in [-0.2, -0.15) is 0 Å². The highest BCUT2D eigenvalue weighted by Gasteiger charge is 2.17. The van der Waals surface area contributed by atoms with Gasteiger partial charge in [-0.1, -0.05) is 42.5 Å². The first-order valence-electron chi connectivity index (χ1n) is 9.07. The smallest absolute Gasteiger partial charge is 0.251 e. The Morgan fingerprint density at radius 1 is 1.14 bits per heavy atom. The summed E-state index contributed by atoms with van der Waals surface area (Å²) < 4.78 is 5.15. The molecule has 0 saturated carbocycles. The Hall–Kier alpha value is -3.41. The molecule has 6 heteroatoms. The summed E-state index contributed by atoms with van der Waals surface area (Å²) in [5.74, 6) is 1.21. The molecule has 1 atom stereocenters. The lowest BCUT2D eigenvalue weighted by atomic mass is 10.0. The number of aromatic nitrogens is 2. The van der Waals surface area contributed by atoms with Gasteiger partial charge in [0.25, 0.3) is 5.56 Å². The number of aryl methyl sites for hydroxylation is 1. The molecule has 0 aliphatic rings. The minimum absolute atomic E-state index is 0.0967. The van der Waals surface area contributed by atoms with Gasteiger partial charge >= 0.3 is 0 Å². The SMILES string of the molecule is COc1ccc(CC(=O)NC(Cc2cc(=O)[nH]c(C)n2)c2ccccc2)cc1. The van der Waals surface area contributed by atoms with Crippen LogP contribution in [0, 0.1) is 6.92 Å². The third-order valence-corrected chi connectivity index (χ3v) is 4.39. The van der Waals surface area contributed by atoms with Gasteiger partial charge in [-0.15, -0.1) is 0 Å². The van der Waals surface area contributed by atoms with Gasteiger partial charge in [0.15, 0.2) is 0 Å². The molecule has 0 radical (unpaired) electrons. The number of methoxy groups -OCH3 is 1. The number of carbonyl (C=O) groups excluding carboxylic acids is 1. The van der Waals surface area contributed by atoms with Crippen molar-refractivity contribution in [3.63, 3.8) is 0 Å². The number of benzene rings is 2. The van der Waals surface area contributed by atoms with Gasteiger partial charge < -0.3 is 15.0 Å². The van der Waals surface area contributed by atoms with Gasteiger partial charge in [0.2, 0.25) is 5.91 Å². The zero-order valence-corrected chi connectivity index (χ0v) is 15.9. The van der Waals surface area contributed by atoms with Crippen LogP contribution in [0.15, 0.2) is 65.5 Å². The normalized spacial score (nSPS) is 11.6. The van der Waals surface area contributed by atoms with Crippen molar-refractivity contribution >= 4 is 5.91 Å². The first-order valence-corrected chi connectivity index (χ1v) is 9.07. The fourth-order valence-corrected chi connectivity index (χ4v) is 3.07. The molecular formula is C22H23N3O3. The standard InChI is InChI=1S/C22H23N3O3/c1-15-23-18(14-22(27)24-15)13-20(17-6-4-3-5-7-17)25-21(26)12-16-8-10-19(28-2)11-9-16/h3-11,14,20H,12-13H2,1-2H3,(H,25,26)(H,23,24,27). The molecule has 144 valence electrons. The minimum atomic E-state index is -0.277. The molecule has 0 bridgehead atoms. The summed E-state index contributed by atoms with van der Waals surface area (Å²) >= 11 is 0. The highest BCUT2D eigenvalue weighted by molar-refractivity contribution is 5.79. The average molecular weight is 377 g/mol. The Balaban J connectivity index is 1.76. The van der Waals surface area contributed by atoms with Crippen molar-refractivity contribution < 1.29 is 9.53 Å². The van der Waals surface area contributed by atoms with Gasteiger partial charge in [-0.05, 0) is 30.2 Å². The summed E-state index contributed by atoms with van der Waals surface area (Å²) in [7, 11) is 1.61. The number of ether oxygens (including phenoxy) is 1. The molecule has 0 fully saturated rings. The Bertz CT molecular complexity index is 982. The molecule has 3 rings (SSSR count). The van der Waals surface area contributed by atoms with Crippen LogP contribution < -0.4 is 15.6 Å². The van der Waals surface area contributed by atoms with E-state index >= 15 is 0 Å². The second kappa shape index (κ2) is 8.99. The monoisotopic (exact) mass is 377 g/mol. The minimum Gasteiger partial charge on any atom is -0.497 e. The van der Waals surface area contributed by atoms with Gasteiger partial charge in [0.05, 0.1) is 25.3 Å². The fraction of sp³-hybridized carbons (Fsp3) is 0.227. The number of aromatic amines is 1. The van der Waals surface area contributed by atoms with Crippen molar-refractivity contribution in [2.75, 3.05) is 7.11 Å². The van der Waals surface area contributed by atoms with Gasteiger partial charge in [0, 0.05) is 12.5 Å².